The van der Waals surface area contributed by atoms with E-state index in [1.807, 2.05) is 26.0 Å². The lowest BCUT2D eigenvalue weighted by molar-refractivity contribution is -0.384. The van der Waals surface area contributed by atoms with Gasteiger partial charge in [-0.15, -0.1) is 10.2 Å². The number of nitro benzene ring substituents is 1. The van der Waals surface area contributed by atoms with Gasteiger partial charge in [0.25, 0.3) is 11.6 Å². The van der Waals surface area contributed by atoms with Gasteiger partial charge in [0.2, 0.25) is 4.96 Å². The summed E-state index contributed by atoms with van der Waals surface area (Å²) in [7, 11) is 0. The first-order valence-electron chi connectivity index (χ1n) is 8.38. The second kappa shape index (κ2) is 7.22. The number of nitrogens with one attached hydrogen (secondary N) is 1. The van der Waals surface area contributed by atoms with Crippen LogP contribution in [0.2, 0.25) is 5.02 Å². The minimum absolute atomic E-state index is 0.0210. The molecule has 1 N–H and O–H groups in total. The summed E-state index contributed by atoms with van der Waals surface area (Å²) >= 11 is 7.22. The normalized spacial score (nSPS) is 11.0. The van der Waals surface area contributed by atoms with E-state index in [9.17, 15) is 14.9 Å². The number of amides is 1. The highest BCUT2D eigenvalue weighted by atomic mass is 35.5. The van der Waals surface area contributed by atoms with Crippen LogP contribution in [0.3, 0.4) is 0 Å². The number of benzene rings is 2. The minimum Gasteiger partial charge on any atom is -0.322 e. The molecule has 0 fully saturated rings. The summed E-state index contributed by atoms with van der Waals surface area (Å²) in [5.41, 5.74) is 2.13. The van der Waals surface area contributed by atoms with Crippen LogP contribution < -0.4 is 5.32 Å². The highest BCUT2D eigenvalue weighted by molar-refractivity contribution is 7.19. The van der Waals surface area contributed by atoms with Gasteiger partial charge in [-0.25, -0.2) is 0 Å². The molecular weight excluding hydrogens is 416 g/mol. The molecule has 0 saturated heterocycles. The van der Waals surface area contributed by atoms with Crippen molar-refractivity contribution in [2.45, 2.75) is 13.8 Å². The largest absolute Gasteiger partial charge is 0.322 e. The summed E-state index contributed by atoms with van der Waals surface area (Å²) in [6.07, 6.45) is 0. The monoisotopic (exact) mass is 428 g/mol. The first-order chi connectivity index (χ1) is 13.8. The van der Waals surface area contributed by atoms with Gasteiger partial charge in [0.1, 0.15) is 10.0 Å². The van der Waals surface area contributed by atoms with Gasteiger partial charge in [0.15, 0.2) is 5.82 Å². The molecule has 0 aliphatic rings. The van der Waals surface area contributed by atoms with Crippen molar-refractivity contribution in [2.24, 2.45) is 0 Å². The zero-order valence-corrected chi connectivity index (χ0v) is 16.8. The lowest BCUT2D eigenvalue weighted by atomic mass is 10.1. The third-order valence-corrected chi connectivity index (χ3v) is 5.54. The van der Waals surface area contributed by atoms with E-state index in [1.165, 1.54) is 23.5 Å². The number of hydrogen-bond donors (Lipinski definition) is 1. The molecule has 0 bridgehead atoms. The third-order valence-electron chi connectivity index (χ3n) is 4.27. The fourth-order valence-corrected chi connectivity index (χ4v) is 3.82. The lowest BCUT2D eigenvalue weighted by Gasteiger charge is -2.10. The Morgan fingerprint density at radius 3 is 2.69 bits per heavy atom. The van der Waals surface area contributed by atoms with E-state index in [-0.39, 0.29) is 16.3 Å². The molecule has 29 heavy (non-hydrogen) atoms. The standard InChI is InChI=1S/C18H13ClN6O3S/c1-9-7-12(17-23-24-10(2)21-22-18(24)29-17)4-6-14(9)20-16(26)11-3-5-13(19)15(8-11)25(27)28/h3-8H,1-2H3,(H,20,26). The molecule has 0 spiro atoms. The van der Waals surface area contributed by atoms with Gasteiger partial charge < -0.3 is 5.32 Å². The van der Waals surface area contributed by atoms with Crippen molar-refractivity contribution in [3.63, 3.8) is 0 Å². The van der Waals surface area contributed by atoms with Crippen molar-refractivity contribution in [1.29, 1.82) is 0 Å². The van der Waals surface area contributed by atoms with Gasteiger partial charge >= 0.3 is 0 Å². The van der Waals surface area contributed by atoms with E-state index in [4.69, 9.17) is 11.6 Å². The zero-order valence-electron chi connectivity index (χ0n) is 15.2. The molecule has 2 aromatic heterocycles. The Hall–Kier alpha value is -3.37. The van der Waals surface area contributed by atoms with Gasteiger partial charge in [0, 0.05) is 22.9 Å². The fourth-order valence-electron chi connectivity index (χ4n) is 2.76. The topological polar surface area (TPSA) is 115 Å². The number of rotatable bonds is 4. The van der Waals surface area contributed by atoms with Crippen molar-refractivity contribution in [2.75, 3.05) is 5.32 Å². The summed E-state index contributed by atoms with van der Waals surface area (Å²) in [6.45, 7) is 3.68. The maximum atomic E-state index is 12.5. The fraction of sp³-hybridized carbons (Fsp3) is 0.111. The number of carbonyl (C=O) groups excluding carboxylic acids is 1. The van der Waals surface area contributed by atoms with Crippen LogP contribution in [0.5, 0.6) is 0 Å². The number of nitro groups is 1. The van der Waals surface area contributed by atoms with E-state index in [0.29, 0.717) is 16.5 Å². The molecule has 2 heterocycles. The summed E-state index contributed by atoms with van der Waals surface area (Å²) in [5, 5.41) is 27.1. The van der Waals surface area contributed by atoms with Crippen molar-refractivity contribution in [3.05, 3.63) is 68.5 Å². The Balaban J connectivity index is 1.59. The first-order valence-corrected chi connectivity index (χ1v) is 9.58. The van der Waals surface area contributed by atoms with Crippen LogP contribution >= 0.6 is 22.9 Å². The smallest absolute Gasteiger partial charge is 0.288 e. The molecule has 4 aromatic rings. The lowest BCUT2D eigenvalue weighted by Crippen LogP contribution is -2.13. The van der Waals surface area contributed by atoms with E-state index in [0.717, 1.165) is 22.2 Å². The number of anilines is 1. The zero-order chi connectivity index (χ0) is 20.7. The summed E-state index contributed by atoms with van der Waals surface area (Å²) < 4.78 is 1.68. The number of aryl methyl sites for hydroxylation is 2. The minimum atomic E-state index is -0.624. The van der Waals surface area contributed by atoms with Gasteiger partial charge in [-0.1, -0.05) is 22.9 Å². The molecule has 0 unspecified atom stereocenters. The number of fused-ring (bicyclic) bond motifs is 1. The van der Waals surface area contributed by atoms with Gasteiger partial charge in [0.05, 0.1) is 4.92 Å². The molecular formula is C18H13ClN6O3S. The van der Waals surface area contributed by atoms with Crippen LogP contribution in [0.4, 0.5) is 11.4 Å². The molecule has 0 atom stereocenters. The summed E-state index contributed by atoms with van der Waals surface area (Å²) in [4.78, 5) is 23.6. The number of nitrogens with zero attached hydrogens (tertiary/aromatic N) is 5. The molecule has 0 radical (unpaired) electrons. The van der Waals surface area contributed by atoms with Crippen LogP contribution in [0.15, 0.2) is 36.4 Å². The van der Waals surface area contributed by atoms with Crippen molar-refractivity contribution in [1.82, 2.24) is 19.8 Å². The maximum Gasteiger partial charge on any atom is 0.288 e. The highest BCUT2D eigenvalue weighted by Gasteiger charge is 2.17. The van der Waals surface area contributed by atoms with Crippen molar-refractivity contribution in [3.8, 4) is 10.6 Å². The van der Waals surface area contributed by atoms with E-state index in [1.54, 1.807) is 10.6 Å². The van der Waals surface area contributed by atoms with E-state index >= 15 is 0 Å². The SMILES string of the molecule is Cc1cc(-c2nn3c(C)nnc3s2)ccc1NC(=O)c1ccc(Cl)c([N+](=O)[O-])c1. The quantitative estimate of drug-likeness (QED) is 0.383. The Kier molecular flexibility index (Phi) is 4.73. The number of carbonyl (C=O) groups is 1. The second-order valence-electron chi connectivity index (χ2n) is 6.26. The Labute approximate surface area is 173 Å². The van der Waals surface area contributed by atoms with Crippen molar-refractivity contribution >= 4 is 45.2 Å². The first kappa shape index (κ1) is 19.0. The Morgan fingerprint density at radius 1 is 1.21 bits per heavy atom. The van der Waals surface area contributed by atoms with E-state index < -0.39 is 10.8 Å². The summed E-state index contributed by atoms with van der Waals surface area (Å²) in [6, 6.07) is 9.44. The summed E-state index contributed by atoms with van der Waals surface area (Å²) in [5.74, 6) is 0.246. The highest BCUT2D eigenvalue weighted by Crippen LogP contribution is 2.29. The van der Waals surface area contributed by atoms with Crippen LogP contribution in [0.25, 0.3) is 15.5 Å². The molecule has 2 aromatic carbocycles. The van der Waals surface area contributed by atoms with Crippen LogP contribution in [0.1, 0.15) is 21.7 Å². The van der Waals surface area contributed by atoms with Crippen LogP contribution in [0, 0.1) is 24.0 Å². The Morgan fingerprint density at radius 2 is 2.00 bits per heavy atom. The maximum absolute atomic E-state index is 12.5. The molecule has 1 amide bonds. The molecule has 11 heteroatoms. The second-order valence-corrected chi connectivity index (χ2v) is 7.62. The molecule has 0 saturated carbocycles. The van der Waals surface area contributed by atoms with Gasteiger partial charge in [-0.05, 0) is 49.7 Å². The molecule has 9 nitrogen and oxygen atoms in total. The number of aromatic nitrogens is 4. The van der Waals surface area contributed by atoms with Crippen LogP contribution in [-0.4, -0.2) is 30.6 Å². The molecule has 146 valence electrons. The van der Waals surface area contributed by atoms with Crippen molar-refractivity contribution < 1.29 is 9.72 Å². The number of hydrogen-bond acceptors (Lipinski definition) is 7. The number of halogens is 1. The average Bonchev–Trinajstić information content (AvgIpc) is 3.25. The van der Waals surface area contributed by atoms with Gasteiger partial charge in [-0.2, -0.15) is 9.61 Å². The predicted octanol–water partition coefficient (Wildman–Crippen LogP) is 4.28. The predicted molar refractivity (Wildman–Crippen MR) is 110 cm³/mol. The van der Waals surface area contributed by atoms with Crippen LogP contribution in [-0.2, 0) is 0 Å². The average molecular weight is 429 g/mol. The molecule has 4 rings (SSSR count). The van der Waals surface area contributed by atoms with Gasteiger partial charge in [-0.3, -0.25) is 14.9 Å². The Bertz CT molecular complexity index is 1280. The third kappa shape index (κ3) is 3.55. The molecule has 0 aliphatic carbocycles. The molecule has 0 aliphatic heterocycles. The van der Waals surface area contributed by atoms with E-state index in [2.05, 4.69) is 20.6 Å².